The van der Waals surface area contributed by atoms with Gasteiger partial charge in [-0.1, -0.05) is 13.8 Å². The monoisotopic (exact) mass is 198 g/mol. The Kier molecular flexibility index (Phi) is 4.80. The van der Waals surface area contributed by atoms with E-state index >= 15 is 0 Å². The zero-order chi connectivity index (χ0) is 10.6. The Morgan fingerprint density at radius 3 is 2.00 bits per heavy atom. The SMILES string of the molecule is CC(C)CC(C(=O)O)C(F)C(F)F. The van der Waals surface area contributed by atoms with E-state index in [0.29, 0.717) is 0 Å². The van der Waals surface area contributed by atoms with Crippen LogP contribution in [-0.4, -0.2) is 23.7 Å². The van der Waals surface area contributed by atoms with Crippen molar-refractivity contribution in [2.24, 2.45) is 11.8 Å². The highest BCUT2D eigenvalue weighted by molar-refractivity contribution is 5.70. The molecular weight excluding hydrogens is 185 g/mol. The van der Waals surface area contributed by atoms with E-state index in [1.807, 2.05) is 0 Å². The summed E-state index contributed by atoms with van der Waals surface area (Å²) in [4.78, 5) is 10.4. The van der Waals surface area contributed by atoms with Crippen molar-refractivity contribution in [1.29, 1.82) is 0 Å². The molecule has 0 aromatic rings. The Morgan fingerprint density at radius 1 is 1.31 bits per heavy atom. The summed E-state index contributed by atoms with van der Waals surface area (Å²) >= 11 is 0. The van der Waals surface area contributed by atoms with Crippen LogP contribution in [-0.2, 0) is 4.79 Å². The maximum absolute atomic E-state index is 12.7. The smallest absolute Gasteiger partial charge is 0.309 e. The van der Waals surface area contributed by atoms with Gasteiger partial charge >= 0.3 is 5.97 Å². The van der Waals surface area contributed by atoms with Gasteiger partial charge in [0.25, 0.3) is 6.43 Å². The third-order valence-corrected chi connectivity index (χ3v) is 1.67. The van der Waals surface area contributed by atoms with Crippen molar-refractivity contribution >= 4 is 5.97 Å². The van der Waals surface area contributed by atoms with Gasteiger partial charge in [-0.05, 0) is 12.3 Å². The molecular formula is C8H13F3O2. The van der Waals surface area contributed by atoms with E-state index in [4.69, 9.17) is 5.11 Å². The highest BCUT2D eigenvalue weighted by Crippen LogP contribution is 2.23. The summed E-state index contributed by atoms with van der Waals surface area (Å²) in [6.07, 6.45) is -5.86. The zero-order valence-electron chi connectivity index (χ0n) is 7.51. The largest absolute Gasteiger partial charge is 0.481 e. The first kappa shape index (κ1) is 12.3. The molecule has 0 saturated heterocycles. The highest BCUT2D eigenvalue weighted by Gasteiger charge is 2.35. The Hall–Kier alpha value is -0.740. The molecule has 2 atom stereocenters. The minimum absolute atomic E-state index is 0.0686. The molecule has 0 saturated carbocycles. The van der Waals surface area contributed by atoms with Gasteiger partial charge in [-0.3, -0.25) is 4.79 Å². The van der Waals surface area contributed by atoms with Crippen LogP contribution in [0.3, 0.4) is 0 Å². The van der Waals surface area contributed by atoms with Crippen LogP contribution in [0.4, 0.5) is 13.2 Å². The van der Waals surface area contributed by atoms with Gasteiger partial charge in [-0.15, -0.1) is 0 Å². The second-order valence-electron chi connectivity index (χ2n) is 3.35. The number of hydrogen-bond acceptors (Lipinski definition) is 1. The van der Waals surface area contributed by atoms with Crippen molar-refractivity contribution in [1.82, 2.24) is 0 Å². The molecule has 2 nitrogen and oxygen atoms in total. The van der Waals surface area contributed by atoms with Crippen molar-refractivity contribution in [2.75, 3.05) is 0 Å². The third-order valence-electron chi connectivity index (χ3n) is 1.67. The maximum Gasteiger partial charge on any atom is 0.309 e. The molecule has 5 heteroatoms. The number of carbonyl (C=O) groups is 1. The molecule has 0 aromatic heterocycles. The molecule has 0 fully saturated rings. The van der Waals surface area contributed by atoms with Crippen LogP contribution in [0.1, 0.15) is 20.3 Å². The lowest BCUT2D eigenvalue weighted by Crippen LogP contribution is -2.31. The van der Waals surface area contributed by atoms with E-state index in [0.717, 1.165) is 0 Å². The van der Waals surface area contributed by atoms with Crippen LogP contribution in [0, 0.1) is 11.8 Å². The second kappa shape index (κ2) is 5.09. The molecule has 2 unspecified atom stereocenters. The summed E-state index contributed by atoms with van der Waals surface area (Å²) in [5.74, 6) is -3.21. The summed E-state index contributed by atoms with van der Waals surface area (Å²) in [6, 6.07) is 0. The number of halogens is 3. The van der Waals surface area contributed by atoms with Crippen molar-refractivity contribution in [3.63, 3.8) is 0 Å². The van der Waals surface area contributed by atoms with E-state index in [9.17, 15) is 18.0 Å². The van der Waals surface area contributed by atoms with Crippen molar-refractivity contribution in [3.8, 4) is 0 Å². The van der Waals surface area contributed by atoms with Gasteiger partial charge in [0.15, 0.2) is 6.17 Å². The summed E-state index contributed by atoms with van der Waals surface area (Å²) in [7, 11) is 0. The first-order valence-electron chi connectivity index (χ1n) is 4.01. The molecule has 0 aliphatic carbocycles. The zero-order valence-corrected chi connectivity index (χ0v) is 7.51. The number of aliphatic carboxylic acids is 1. The van der Waals surface area contributed by atoms with Crippen LogP contribution >= 0.6 is 0 Å². The molecule has 0 radical (unpaired) electrons. The number of carboxylic acids is 1. The lowest BCUT2D eigenvalue weighted by molar-refractivity contribution is -0.147. The number of hydrogen-bond donors (Lipinski definition) is 1. The predicted molar refractivity (Wildman–Crippen MR) is 41.5 cm³/mol. The molecule has 0 amide bonds. The average Bonchev–Trinajstić information content (AvgIpc) is 1.97. The van der Waals surface area contributed by atoms with Gasteiger partial charge in [0.1, 0.15) is 0 Å². The van der Waals surface area contributed by atoms with E-state index < -0.39 is 24.5 Å². The van der Waals surface area contributed by atoms with Crippen LogP contribution < -0.4 is 0 Å². The predicted octanol–water partition coefficient (Wildman–Crippen LogP) is 2.34. The van der Waals surface area contributed by atoms with Crippen molar-refractivity contribution in [2.45, 2.75) is 32.9 Å². The Labute approximate surface area is 74.7 Å². The summed E-state index contributed by atoms with van der Waals surface area (Å²) in [6.45, 7) is 3.32. The minimum Gasteiger partial charge on any atom is -0.481 e. The van der Waals surface area contributed by atoms with Gasteiger partial charge in [0.2, 0.25) is 0 Å². The number of rotatable bonds is 5. The standard InChI is InChI=1S/C8H13F3O2/c1-4(2)3-5(8(12)13)6(9)7(10)11/h4-7H,3H2,1-2H3,(H,12,13). The second-order valence-corrected chi connectivity index (χ2v) is 3.35. The maximum atomic E-state index is 12.7. The fourth-order valence-corrected chi connectivity index (χ4v) is 1.05. The van der Waals surface area contributed by atoms with Crippen LogP contribution in [0.2, 0.25) is 0 Å². The summed E-state index contributed by atoms with van der Waals surface area (Å²) in [5.41, 5.74) is 0. The molecule has 0 aliphatic heterocycles. The molecule has 0 aliphatic rings. The Balaban J connectivity index is 4.33. The van der Waals surface area contributed by atoms with E-state index in [1.165, 1.54) is 0 Å². The van der Waals surface area contributed by atoms with Gasteiger partial charge in [0.05, 0.1) is 5.92 Å². The fourth-order valence-electron chi connectivity index (χ4n) is 1.05. The van der Waals surface area contributed by atoms with Gasteiger partial charge < -0.3 is 5.11 Å². The topological polar surface area (TPSA) is 37.3 Å². The minimum atomic E-state index is -3.22. The average molecular weight is 198 g/mol. The van der Waals surface area contributed by atoms with E-state index in [1.54, 1.807) is 13.8 Å². The normalized spacial score (nSPS) is 16.2. The molecule has 0 bridgehead atoms. The van der Waals surface area contributed by atoms with Crippen molar-refractivity contribution in [3.05, 3.63) is 0 Å². The van der Waals surface area contributed by atoms with Gasteiger partial charge in [-0.25, -0.2) is 13.2 Å². The molecule has 13 heavy (non-hydrogen) atoms. The summed E-state index contributed by atoms with van der Waals surface area (Å²) < 4.78 is 36.4. The lowest BCUT2D eigenvalue weighted by Gasteiger charge is -2.17. The molecule has 1 N–H and O–H groups in total. The van der Waals surface area contributed by atoms with Crippen LogP contribution in [0.15, 0.2) is 0 Å². The van der Waals surface area contributed by atoms with E-state index in [2.05, 4.69) is 0 Å². The lowest BCUT2D eigenvalue weighted by atomic mass is 9.93. The van der Waals surface area contributed by atoms with Gasteiger partial charge in [0, 0.05) is 0 Å². The van der Waals surface area contributed by atoms with E-state index in [-0.39, 0.29) is 12.3 Å². The third kappa shape index (κ3) is 4.15. The molecule has 0 rings (SSSR count). The van der Waals surface area contributed by atoms with Crippen LogP contribution in [0.25, 0.3) is 0 Å². The Morgan fingerprint density at radius 2 is 1.77 bits per heavy atom. The molecule has 78 valence electrons. The summed E-state index contributed by atoms with van der Waals surface area (Å²) in [5, 5.41) is 8.47. The quantitative estimate of drug-likeness (QED) is 0.736. The van der Waals surface area contributed by atoms with Crippen molar-refractivity contribution < 1.29 is 23.1 Å². The first-order valence-corrected chi connectivity index (χ1v) is 4.01. The first-order chi connectivity index (χ1) is 5.86. The fraction of sp³-hybridized carbons (Fsp3) is 0.875. The highest BCUT2D eigenvalue weighted by atomic mass is 19.3. The Bertz CT molecular complexity index is 171. The number of alkyl halides is 3. The number of carboxylic acid groups (broad SMARTS) is 1. The molecule has 0 spiro atoms. The van der Waals surface area contributed by atoms with Gasteiger partial charge in [-0.2, -0.15) is 0 Å². The van der Waals surface area contributed by atoms with Crippen LogP contribution in [0.5, 0.6) is 0 Å². The molecule has 0 heterocycles. The molecule has 0 aromatic carbocycles.